The van der Waals surface area contributed by atoms with Crippen LogP contribution < -0.4 is 5.73 Å². The summed E-state index contributed by atoms with van der Waals surface area (Å²) in [5.74, 6) is 1.32. The molecule has 0 radical (unpaired) electrons. The van der Waals surface area contributed by atoms with Crippen molar-refractivity contribution in [3.63, 3.8) is 0 Å². The van der Waals surface area contributed by atoms with Crippen molar-refractivity contribution in [2.75, 3.05) is 26.3 Å². The van der Waals surface area contributed by atoms with Gasteiger partial charge < -0.3 is 15.4 Å². The van der Waals surface area contributed by atoms with Gasteiger partial charge in [0.1, 0.15) is 0 Å². The molecule has 5 heteroatoms. The first kappa shape index (κ1) is 13.9. The molecule has 1 saturated heterocycles. The van der Waals surface area contributed by atoms with Crippen LogP contribution in [0.15, 0.2) is 33.7 Å². The minimum atomic E-state index is 0.381. The second kappa shape index (κ2) is 6.14. The maximum absolute atomic E-state index is 6.08. The number of nitrogens with two attached hydrogens (primary N) is 1. The molecule has 1 aliphatic heterocycles. The van der Waals surface area contributed by atoms with Gasteiger partial charge >= 0.3 is 0 Å². The van der Waals surface area contributed by atoms with Crippen LogP contribution in [0.25, 0.3) is 0 Å². The second-order valence-corrected chi connectivity index (χ2v) is 6.38. The third-order valence-corrected chi connectivity index (χ3v) is 4.63. The molecular formula is C15H20BrN3O. The molecule has 1 aromatic carbocycles. The second-order valence-electron chi connectivity index (χ2n) is 5.46. The molecule has 4 nitrogen and oxygen atoms in total. The summed E-state index contributed by atoms with van der Waals surface area (Å²) in [6, 6.07) is 8.98. The zero-order valence-corrected chi connectivity index (χ0v) is 13.1. The Labute approximate surface area is 128 Å². The highest BCUT2D eigenvalue weighted by atomic mass is 79.9. The van der Waals surface area contributed by atoms with Gasteiger partial charge in [0.2, 0.25) is 0 Å². The van der Waals surface area contributed by atoms with Crippen LogP contribution in [0.4, 0.5) is 0 Å². The van der Waals surface area contributed by atoms with Crippen LogP contribution >= 0.6 is 15.9 Å². The van der Waals surface area contributed by atoms with Gasteiger partial charge in [-0.15, -0.1) is 0 Å². The van der Waals surface area contributed by atoms with Gasteiger partial charge in [-0.1, -0.05) is 28.1 Å². The summed E-state index contributed by atoms with van der Waals surface area (Å²) in [7, 11) is 0. The minimum Gasteiger partial charge on any atom is -0.378 e. The van der Waals surface area contributed by atoms with Gasteiger partial charge in [-0.3, -0.25) is 0 Å². The molecule has 1 saturated carbocycles. The summed E-state index contributed by atoms with van der Waals surface area (Å²) in [6.45, 7) is 3.22. The zero-order chi connectivity index (χ0) is 13.9. The molecule has 0 spiro atoms. The normalized spacial score (nSPS) is 27.2. The minimum absolute atomic E-state index is 0.381. The predicted octanol–water partition coefficient (Wildman–Crippen LogP) is 2.34. The number of benzene rings is 1. The molecular weight excluding hydrogens is 318 g/mol. The zero-order valence-electron chi connectivity index (χ0n) is 11.5. The van der Waals surface area contributed by atoms with Gasteiger partial charge in [0, 0.05) is 17.6 Å². The SMILES string of the molecule is NC(=NC1CC(c2ccc(Br)cc2)C1)N1CCOCC1. The Kier molecular flexibility index (Phi) is 4.27. The maximum atomic E-state index is 6.08. The maximum Gasteiger partial charge on any atom is 0.191 e. The molecule has 20 heavy (non-hydrogen) atoms. The molecule has 108 valence electrons. The quantitative estimate of drug-likeness (QED) is 0.665. The first-order valence-corrected chi connectivity index (χ1v) is 7.93. The first-order chi connectivity index (χ1) is 9.72. The summed E-state index contributed by atoms with van der Waals surface area (Å²) in [4.78, 5) is 6.78. The Hall–Kier alpha value is -1.07. The van der Waals surface area contributed by atoms with E-state index in [-0.39, 0.29) is 0 Å². The molecule has 1 aromatic rings. The van der Waals surface area contributed by atoms with E-state index in [1.807, 2.05) is 0 Å². The predicted molar refractivity (Wildman–Crippen MR) is 83.9 cm³/mol. The van der Waals surface area contributed by atoms with Crippen molar-refractivity contribution in [1.82, 2.24) is 4.90 Å². The Morgan fingerprint density at radius 2 is 1.85 bits per heavy atom. The topological polar surface area (TPSA) is 50.8 Å². The lowest BCUT2D eigenvalue weighted by Gasteiger charge is -2.35. The average molecular weight is 338 g/mol. The molecule has 0 atom stereocenters. The fraction of sp³-hybridized carbons (Fsp3) is 0.533. The highest BCUT2D eigenvalue weighted by Gasteiger charge is 2.30. The Bertz CT molecular complexity index is 476. The van der Waals surface area contributed by atoms with Crippen molar-refractivity contribution >= 4 is 21.9 Å². The lowest BCUT2D eigenvalue weighted by molar-refractivity contribution is 0.0671. The van der Waals surface area contributed by atoms with E-state index in [9.17, 15) is 0 Å². The largest absolute Gasteiger partial charge is 0.378 e. The van der Waals surface area contributed by atoms with Crippen LogP contribution in [0.2, 0.25) is 0 Å². The summed E-state index contributed by atoms with van der Waals surface area (Å²) >= 11 is 3.47. The molecule has 0 aromatic heterocycles. The van der Waals surface area contributed by atoms with E-state index >= 15 is 0 Å². The smallest absolute Gasteiger partial charge is 0.191 e. The van der Waals surface area contributed by atoms with Crippen molar-refractivity contribution in [2.45, 2.75) is 24.8 Å². The third kappa shape index (κ3) is 3.15. The molecule has 2 fully saturated rings. The van der Waals surface area contributed by atoms with Crippen LogP contribution in [-0.4, -0.2) is 43.2 Å². The van der Waals surface area contributed by atoms with Crippen molar-refractivity contribution in [2.24, 2.45) is 10.7 Å². The van der Waals surface area contributed by atoms with Crippen LogP contribution in [0.3, 0.4) is 0 Å². The number of morpholine rings is 1. The summed E-state index contributed by atoms with van der Waals surface area (Å²) in [6.07, 6.45) is 2.21. The fourth-order valence-corrected chi connectivity index (χ4v) is 3.03. The van der Waals surface area contributed by atoms with E-state index < -0.39 is 0 Å². The molecule has 0 unspecified atom stereocenters. The van der Waals surface area contributed by atoms with E-state index in [0.717, 1.165) is 43.6 Å². The van der Waals surface area contributed by atoms with Crippen LogP contribution in [0.5, 0.6) is 0 Å². The van der Waals surface area contributed by atoms with Crippen LogP contribution in [-0.2, 0) is 4.74 Å². The van der Waals surface area contributed by atoms with Gasteiger partial charge in [0.15, 0.2) is 5.96 Å². The molecule has 3 rings (SSSR count). The van der Waals surface area contributed by atoms with Crippen molar-refractivity contribution in [1.29, 1.82) is 0 Å². The van der Waals surface area contributed by atoms with Crippen molar-refractivity contribution in [3.8, 4) is 0 Å². The number of hydrogen-bond donors (Lipinski definition) is 1. The summed E-state index contributed by atoms with van der Waals surface area (Å²) < 4.78 is 6.45. The van der Waals surface area contributed by atoms with E-state index in [4.69, 9.17) is 10.5 Å². The van der Waals surface area contributed by atoms with Gasteiger partial charge in [-0.05, 0) is 36.5 Å². The fourth-order valence-electron chi connectivity index (χ4n) is 2.76. The van der Waals surface area contributed by atoms with Gasteiger partial charge in [-0.25, -0.2) is 4.99 Å². The van der Waals surface area contributed by atoms with E-state index in [1.165, 1.54) is 5.56 Å². The first-order valence-electron chi connectivity index (χ1n) is 7.14. The summed E-state index contributed by atoms with van der Waals surface area (Å²) in [5.41, 5.74) is 7.48. The molecule has 0 bridgehead atoms. The lowest BCUT2D eigenvalue weighted by Crippen LogP contribution is -2.46. The lowest BCUT2D eigenvalue weighted by atomic mass is 9.76. The summed E-state index contributed by atoms with van der Waals surface area (Å²) in [5, 5.41) is 0. The number of rotatable bonds is 2. The highest BCUT2D eigenvalue weighted by molar-refractivity contribution is 9.10. The van der Waals surface area contributed by atoms with Gasteiger partial charge in [0.25, 0.3) is 0 Å². The number of guanidine groups is 1. The number of ether oxygens (including phenoxy) is 1. The Morgan fingerprint density at radius 3 is 2.50 bits per heavy atom. The molecule has 1 heterocycles. The molecule has 1 aliphatic carbocycles. The Balaban J connectivity index is 1.53. The van der Waals surface area contributed by atoms with Gasteiger partial charge in [0.05, 0.1) is 19.3 Å². The molecule has 2 aliphatic rings. The Morgan fingerprint density at radius 1 is 1.20 bits per heavy atom. The van der Waals surface area contributed by atoms with E-state index in [2.05, 4.69) is 50.1 Å². The van der Waals surface area contributed by atoms with E-state index in [0.29, 0.717) is 17.9 Å². The number of aliphatic imine (C=N–C) groups is 1. The molecule has 0 amide bonds. The monoisotopic (exact) mass is 337 g/mol. The number of nitrogens with zero attached hydrogens (tertiary/aromatic N) is 2. The van der Waals surface area contributed by atoms with Crippen LogP contribution in [0, 0.1) is 0 Å². The molecule has 2 N–H and O–H groups in total. The van der Waals surface area contributed by atoms with E-state index in [1.54, 1.807) is 0 Å². The number of halogens is 1. The third-order valence-electron chi connectivity index (χ3n) is 4.10. The standard InChI is InChI=1S/C15H20BrN3O/c16-13-3-1-11(2-4-13)12-9-14(10-12)18-15(17)19-5-7-20-8-6-19/h1-4,12,14H,5-10H2,(H2,17,18). The van der Waals surface area contributed by atoms with Crippen molar-refractivity contribution < 1.29 is 4.74 Å². The highest BCUT2D eigenvalue weighted by Crippen LogP contribution is 2.39. The van der Waals surface area contributed by atoms with Crippen molar-refractivity contribution in [3.05, 3.63) is 34.3 Å². The number of hydrogen-bond acceptors (Lipinski definition) is 2. The van der Waals surface area contributed by atoms with Crippen LogP contribution in [0.1, 0.15) is 24.3 Å². The van der Waals surface area contributed by atoms with Gasteiger partial charge in [-0.2, -0.15) is 0 Å². The average Bonchev–Trinajstić information content (AvgIpc) is 2.44.